The van der Waals surface area contributed by atoms with E-state index in [1.165, 1.54) is 0 Å². The van der Waals surface area contributed by atoms with Gasteiger partial charge in [-0.2, -0.15) is 0 Å². The molecule has 0 fully saturated rings. The number of carbonyl (C=O) groups excluding carboxylic acids is 1. The van der Waals surface area contributed by atoms with E-state index in [2.05, 4.69) is 17.2 Å². The predicted molar refractivity (Wildman–Crippen MR) is 66.2 cm³/mol. The average Bonchev–Trinajstić information content (AvgIpc) is 2.72. The molecule has 0 atom stereocenters. The number of carbonyl (C=O) groups is 1. The predicted octanol–water partition coefficient (Wildman–Crippen LogP) is 0.830. The summed E-state index contributed by atoms with van der Waals surface area (Å²) in [6.07, 6.45) is 0. The molecule has 2 amide bonds. The van der Waals surface area contributed by atoms with Crippen LogP contribution in [-0.2, 0) is 6.54 Å². The summed E-state index contributed by atoms with van der Waals surface area (Å²) in [7, 11) is 3.37. The van der Waals surface area contributed by atoms with Crippen LogP contribution < -0.4 is 11.1 Å². The van der Waals surface area contributed by atoms with Gasteiger partial charge < -0.3 is 16.0 Å². The number of amides is 2. The summed E-state index contributed by atoms with van der Waals surface area (Å²) in [5.41, 5.74) is 6.24. The Hall–Kier alpha value is -1.51. The van der Waals surface area contributed by atoms with E-state index in [1.54, 1.807) is 30.3 Å². The summed E-state index contributed by atoms with van der Waals surface area (Å²) < 4.78 is 0. The average molecular weight is 237 g/mol. The van der Waals surface area contributed by atoms with Crippen molar-refractivity contribution in [2.75, 3.05) is 20.6 Å². The van der Waals surface area contributed by atoms with E-state index < -0.39 is 0 Å². The fourth-order valence-electron chi connectivity index (χ4n) is 1.18. The van der Waals surface area contributed by atoms with Gasteiger partial charge >= 0.3 is 6.03 Å². The molecule has 3 N–H and O–H groups in total. The number of rotatable bonds is 2. The first-order chi connectivity index (χ1) is 7.67. The Labute approximate surface area is 99.4 Å². The van der Waals surface area contributed by atoms with Gasteiger partial charge in [-0.1, -0.05) is 11.8 Å². The van der Waals surface area contributed by atoms with Gasteiger partial charge in [0.15, 0.2) is 0 Å². The minimum atomic E-state index is -0.0945. The van der Waals surface area contributed by atoms with Crippen molar-refractivity contribution >= 4 is 17.4 Å². The lowest BCUT2D eigenvalue weighted by molar-refractivity contribution is 0.209. The summed E-state index contributed by atoms with van der Waals surface area (Å²) in [5, 5.41) is 4.54. The Morgan fingerprint density at radius 2 is 2.44 bits per heavy atom. The van der Waals surface area contributed by atoms with Crippen LogP contribution in [0.2, 0.25) is 0 Å². The Kier molecular flexibility index (Phi) is 4.83. The highest BCUT2D eigenvalue weighted by atomic mass is 32.1. The molecule has 0 saturated heterocycles. The Bertz CT molecular complexity index is 416. The molecular formula is C11H15N3OS. The van der Waals surface area contributed by atoms with Crippen LogP contribution >= 0.6 is 11.3 Å². The van der Waals surface area contributed by atoms with Crippen LogP contribution in [0.3, 0.4) is 0 Å². The highest BCUT2D eigenvalue weighted by molar-refractivity contribution is 7.10. The quantitative estimate of drug-likeness (QED) is 0.749. The largest absolute Gasteiger partial charge is 0.341 e. The van der Waals surface area contributed by atoms with Crippen LogP contribution in [0, 0.1) is 11.8 Å². The van der Waals surface area contributed by atoms with Crippen molar-refractivity contribution in [3.8, 4) is 11.8 Å². The van der Waals surface area contributed by atoms with Crippen molar-refractivity contribution in [3.05, 3.63) is 21.9 Å². The molecule has 1 aromatic heterocycles. The van der Waals surface area contributed by atoms with Gasteiger partial charge in [-0.05, 0) is 6.07 Å². The molecule has 0 spiro atoms. The van der Waals surface area contributed by atoms with E-state index in [0.717, 1.165) is 10.4 Å². The van der Waals surface area contributed by atoms with E-state index in [-0.39, 0.29) is 6.03 Å². The standard InChI is InChI=1S/C11H15N3OS/c1-13-11(15)14(2)7-10-6-9(8-16-10)4-3-5-12/h6,8H,5,7,12H2,1-2H3,(H,13,15). The zero-order valence-corrected chi connectivity index (χ0v) is 10.2. The molecule has 4 nitrogen and oxygen atoms in total. The zero-order chi connectivity index (χ0) is 12.0. The smallest absolute Gasteiger partial charge is 0.317 e. The molecule has 1 heterocycles. The Balaban J connectivity index is 2.61. The molecule has 0 aliphatic carbocycles. The van der Waals surface area contributed by atoms with E-state index >= 15 is 0 Å². The number of thiophene rings is 1. The maximum Gasteiger partial charge on any atom is 0.317 e. The summed E-state index contributed by atoms with van der Waals surface area (Å²) in [5.74, 6) is 5.75. The maximum atomic E-state index is 11.3. The molecule has 0 aromatic carbocycles. The van der Waals surface area contributed by atoms with Gasteiger partial charge in [0.1, 0.15) is 0 Å². The second-order valence-corrected chi connectivity index (χ2v) is 4.21. The van der Waals surface area contributed by atoms with Crippen LogP contribution in [0.15, 0.2) is 11.4 Å². The SMILES string of the molecule is CNC(=O)N(C)Cc1cc(C#CCN)cs1. The molecule has 0 aliphatic heterocycles. The Morgan fingerprint density at radius 1 is 1.69 bits per heavy atom. The first kappa shape index (κ1) is 12.6. The number of hydrogen-bond donors (Lipinski definition) is 2. The third-order valence-electron chi connectivity index (χ3n) is 1.94. The molecule has 0 aliphatic rings. The first-order valence-corrected chi connectivity index (χ1v) is 5.74. The van der Waals surface area contributed by atoms with Crippen LogP contribution in [0.4, 0.5) is 4.79 Å². The number of hydrogen-bond acceptors (Lipinski definition) is 3. The highest BCUT2D eigenvalue weighted by Gasteiger charge is 2.07. The van der Waals surface area contributed by atoms with Crippen molar-refractivity contribution < 1.29 is 4.79 Å². The molecule has 16 heavy (non-hydrogen) atoms. The summed E-state index contributed by atoms with van der Waals surface area (Å²) in [6, 6.07) is 1.88. The third kappa shape index (κ3) is 3.57. The normalized spacial score (nSPS) is 9.19. The minimum Gasteiger partial charge on any atom is -0.341 e. The molecular weight excluding hydrogens is 222 g/mol. The topological polar surface area (TPSA) is 58.4 Å². The summed E-state index contributed by atoms with van der Waals surface area (Å²) >= 11 is 1.59. The van der Waals surface area contributed by atoms with Crippen molar-refractivity contribution in [1.29, 1.82) is 0 Å². The van der Waals surface area contributed by atoms with E-state index in [0.29, 0.717) is 13.1 Å². The zero-order valence-electron chi connectivity index (χ0n) is 9.41. The van der Waals surface area contributed by atoms with Crippen molar-refractivity contribution in [2.45, 2.75) is 6.54 Å². The lowest BCUT2D eigenvalue weighted by atomic mass is 10.3. The second kappa shape index (κ2) is 6.16. The molecule has 0 saturated carbocycles. The molecule has 0 unspecified atom stereocenters. The fraction of sp³-hybridized carbons (Fsp3) is 0.364. The van der Waals surface area contributed by atoms with E-state index in [4.69, 9.17) is 5.73 Å². The number of nitrogens with zero attached hydrogens (tertiary/aromatic N) is 1. The van der Waals surface area contributed by atoms with Gasteiger partial charge in [-0.25, -0.2) is 4.79 Å². The van der Waals surface area contributed by atoms with Gasteiger partial charge in [0, 0.05) is 29.9 Å². The number of nitrogens with one attached hydrogen (secondary N) is 1. The van der Waals surface area contributed by atoms with Gasteiger partial charge in [-0.15, -0.1) is 11.3 Å². The van der Waals surface area contributed by atoms with Crippen molar-refractivity contribution in [2.24, 2.45) is 5.73 Å². The number of urea groups is 1. The van der Waals surface area contributed by atoms with Gasteiger partial charge in [0.25, 0.3) is 0 Å². The van der Waals surface area contributed by atoms with Crippen LogP contribution in [0.5, 0.6) is 0 Å². The monoisotopic (exact) mass is 237 g/mol. The molecule has 1 aromatic rings. The summed E-state index contributed by atoms with van der Waals surface area (Å²) in [4.78, 5) is 14.0. The van der Waals surface area contributed by atoms with Crippen LogP contribution in [-0.4, -0.2) is 31.6 Å². The van der Waals surface area contributed by atoms with Crippen molar-refractivity contribution in [3.63, 3.8) is 0 Å². The highest BCUT2D eigenvalue weighted by Crippen LogP contribution is 2.15. The molecule has 86 valence electrons. The fourth-order valence-corrected chi connectivity index (χ4v) is 2.05. The second-order valence-electron chi connectivity index (χ2n) is 3.22. The lowest BCUT2D eigenvalue weighted by Gasteiger charge is -2.14. The molecule has 5 heteroatoms. The molecule has 0 radical (unpaired) electrons. The van der Waals surface area contributed by atoms with Crippen LogP contribution in [0.1, 0.15) is 10.4 Å². The van der Waals surface area contributed by atoms with Gasteiger partial charge in [0.2, 0.25) is 0 Å². The lowest BCUT2D eigenvalue weighted by Crippen LogP contribution is -2.34. The van der Waals surface area contributed by atoms with Crippen molar-refractivity contribution in [1.82, 2.24) is 10.2 Å². The van der Waals surface area contributed by atoms with Gasteiger partial charge in [-0.3, -0.25) is 0 Å². The maximum absolute atomic E-state index is 11.3. The van der Waals surface area contributed by atoms with E-state index in [1.807, 2.05) is 11.4 Å². The molecule has 0 bridgehead atoms. The molecule has 1 rings (SSSR count). The summed E-state index contributed by atoms with van der Waals surface area (Å²) in [6.45, 7) is 0.956. The van der Waals surface area contributed by atoms with Crippen LogP contribution in [0.25, 0.3) is 0 Å². The Morgan fingerprint density at radius 3 is 3.06 bits per heavy atom. The first-order valence-electron chi connectivity index (χ1n) is 4.86. The van der Waals surface area contributed by atoms with E-state index in [9.17, 15) is 4.79 Å². The van der Waals surface area contributed by atoms with Gasteiger partial charge in [0.05, 0.1) is 13.1 Å². The third-order valence-corrected chi connectivity index (χ3v) is 2.86. The number of nitrogens with two attached hydrogens (primary N) is 1. The minimum absolute atomic E-state index is 0.0945.